The summed E-state index contributed by atoms with van der Waals surface area (Å²) >= 11 is 0. The van der Waals surface area contributed by atoms with Crippen molar-refractivity contribution in [1.82, 2.24) is 4.72 Å². The van der Waals surface area contributed by atoms with Crippen LogP contribution < -0.4 is 10.5 Å². The normalized spacial score (nSPS) is 12.4. The Morgan fingerprint density at radius 3 is 2.53 bits per heavy atom. The molecule has 3 N–H and O–H groups in total. The number of nitro benzene ring substituents is 1. The highest BCUT2D eigenvalue weighted by Crippen LogP contribution is 2.26. The Bertz CT molecular complexity index is 595. The fraction of sp³-hybridized carbons (Fsp3) is 0.400. The summed E-state index contributed by atoms with van der Waals surface area (Å²) in [6, 6.07) is 2.83. The van der Waals surface area contributed by atoms with Crippen LogP contribution in [0.2, 0.25) is 0 Å². The van der Waals surface area contributed by atoms with Gasteiger partial charge in [-0.3, -0.25) is 10.1 Å². The lowest BCUT2D eigenvalue weighted by atomic mass is 10.1. The number of benzene rings is 1. The number of nitrogens with two attached hydrogens (primary N) is 1. The van der Waals surface area contributed by atoms with E-state index in [1.165, 1.54) is 0 Å². The van der Waals surface area contributed by atoms with Gasteiger partial charge in [0.05, 0.1) is 4.92 Å². The largest absolute Gasteiger partial charge is 0.324 e. The molecule has 0 bridgehead atoms. The Morgan fingerprint density at radius 2 is 2.05 bits per heavy atom. The lowest BCUT2D eigenvalue weighted by Crippen LogP contribution is -2.45. The summed E-state index contributed by atoms with van der Waals surface area (Å²) in [6.07, 6.45) is 0. The molecule has 0 saturated carbocycles. The number of sulfonamides is 1. The van der Waals surface area contributed by atoms with Crippen LogP contribution in [0.4, 0.5) is 10.1 Å². The SMILES string of the molecule is CC(C)(N)CNS(=O)(=O)c1c(F)cccc1[N+](=O)[O-]. The average Bonchev–Trinajstić information content (AvgIpc) is 2.25. The summed E-state index contributed by atoms with van der Waals surface area (Å²) in [7, 11) is -4.35. The van der Waals surface area contributed by atoms with Crippen molar-refractivity contribution >= 4 is 15.7 Å². The van der Waals surface area contributed by atoms with Crippen LogP contribution in [0.5, 0.6) is 0 Å². The lowest BCUT2D eigenvalue weighted by molar-refractivity contribution is -0.388. The second-order valence-electron chi connectivity index (χ2n) is 4.66. The monoisotopic (exact) mass is 291 g/mol. The molecule has 0 spiro atoms. The van der Waals surface area contributed by atoms with Crippen LogP contribution in [-0.2, 0) is 10.0 Å². The summed E-state index contributed by atoms with van der Waals surface area (Å²) < 4.78 is 39.5. The molecule has 106 valence electrons. The predicted molar refractivity (Wildman–Crippen MR) is 66.5 cm³/mol. The fourth-order valence-corrected chi connectivity index (χ4v) is 2.71. The van der Waals surface area contributed by atoms with Crippen molar-refractivity contribution in [2.24, 2.45) is 5.73 Å². The molecule has 1 aromatic rings. The van der Waals surface area contributed by atoms with Gasteiger partial charge >= 0.3 is 0 Å². The van der Waals surface area contributed by atoms with E-state index in [9.17, 15) is 22.9 Å². The van der Waals surface area contributed by atoms with Gasteiger partial charge in [0.15, 0.2) is 4.90 Å². The maximum atomic E-state index is 13.6. The topological polar surface area (TPSA) is 115 Å². The van der Waals surface area contributed by atoms with Gasteiger partial charge in [-0.05, 0) is 19.9 Å². The van der Waals surface area contributed by atoms with E-state index in [1.54, 1.807) is 13.8 Å². The number of halogens is 1. The van der Waals surface area contributed by atoms with Crippen molar-refractivity contribution < 1.29 is 17.7 Å². The highest BCUT2D eigenvalue weighted by atomic mass is 32.2. The van der Waals surface area contributed by atoms with Crippen molar-refractivity contribution in [1.29, 1.82) is 0 Å². The molecule has 0 saturated heterocycles. The quantitative estimate of drug-likeness (QED) is 0.613. The zero-order valence-electron chi connectivity index (χ0n) is 10.4. The summed E-state index contributed by atoms with van der Waals surface area (Å²) in [5.74, 6) is -1.18. The van der Waals surface area contributed by atoms with E-state index >= 15 is 0 Å². The van der Waals surface area contributed by atoms with E-state index in [1.807, 2.05) is 0 Å². The van der Waals surface area contributed by atoms with Crippen LogP contribution in [0, 0.1) is 15.9 Å². The van der Waals surface area contributed by atoms with Crippen molar-refractivity contribution in [2.75, 3.05) is 6.54 Å². The highest BCUT2D eigenvalue weighted by Gasteiger charge is 2.30. The van der Waals surface area contributed by atoms with E-state index in [-0.39, 0.29) is 6.54 Å². The molecule has 7 nitrogen and oxygen atoms in total. The Balaban J connectivity index is 3.25. The van der Waals surface area contributed by atoms with Crippen LogP contribution in [0.15, 0.2) is 23.1 Å². The number of nitro groups is 1. The average molecular weight is 291 g/mol. The van der Waals surface area contributed by atoms with Gasteiger partial charge in [-0.15, -0.1) is 0 Å². The molecule has 0 heterocycles. The van der Waals surface area contributed by atoms with Gasteiger partial charge < -0.3 is 5.73 Å². The summed E-state index contributed by atoms with van der Waals surface area (Å²) in [4.78, 5) is 8.81. The van der Waals surface area contributed by atoms with Crippen LogP contribution in [0.1, 0.15) is 13.8 Å². The first-order valence-corrected chi connectivity index (χ1v) is 6.74. The molecule has 0 amide bonds. The Labute approximate surface area is 109 Å². The van der Waals surface area contributed by atoms with Gasteiger partial charge in [0, 0.05) is 18.2 Å². The molecule has 0 atom stereocenters. The number of nitrogens with zero attached hydrogens (tertiary/aromatic N) is 1. The number of hydrogen-bond acceptors (Lipinski definition) is 5. The third-order valence-corrected chi connectivity index (χ3v) is 3.60. The maximum absolute atomic E-state index is 13.6. The predicted octanol–water partition coefficient (Wildman–Crippen LogP) is 0.749. The lowest BCUT2D eigenvalue weighted by Gasteiger charge is -2.19. The number of rotatable bonds is 5. The van der Waals surface area contributed by atoms with Gasteiger partial charge in [-0.2, -0.15) is 0 Å². The minimum atomic E-state index is -4.35. The summed E-state index contributed by atoms with van der Waals surface area (Å²) in [5.41, 5.74) is 3.92. The van der Waals surface area contributed by atoms with E-state index in [2.05, 4.69) is 4.72 Å². The molecule has 0 aliphatic rings. The molecule has 0 aliphatic carbocycles. The third-order valence-electron chi connectivity index (χ3n) is 2.13. The van der Waals surface area contributed by atoms with Gasteiger partial charge in [0.25, 0.3) is 5.69 Å². The first-order valence-electron chi connectivity index (χ1n) is 5.26. The Kier molecular flexibility index (Phi) is 4.23. The molecule has 19 heavy (non-hydrogen) atoms. The zero-order valence-corrected chi connectivity index (χ0v) is 11.2. The molecule has 0 fully saturated rings. The Hall–Kier alpha value is -1.58. The van der Waals surface area contributed by atoms with Gasteiger partial charge in [-0.25, -0.2) is 17.5 Å². The molecule has 1 aromatic carbocycles. The van der Waals surface area contributed by atoms with Crippen molar-refractivity contribution in [3.63, 3.8) is 0 Å². The van der Waals surface area contributed by atoms with E-state index < -0.39 is 36.9 Å². The highest BCUT2D eigenvalue weighted by molar-refractivity contribution is 7.89. The van der Waals surface area contributed by atoms with Crippen molar-refractivity contribution in [3.8, 4) is 0 Å². The molecular formula is C10H14FN3O4S. The molecule has 0 unspecified atom stereocenters. The molecule has 0 aliphatic heterocycles. The third kappa shape index (κ3) is 3.94. The number of nitrogens with one attached hydrogen (secondary N) is 1. The van der Waals surface area contributed by atoms with Crippen molar-refractivity contribution in [3.05, 3.63) is 34.1 Å². The van der Waals surface area contributed by atoms with E-state index in [0.717, 1.165) is 18.2 Å². The maximum Gasteiger partial charge on any atom is 0.292 e. The van der Waals surface area contributed by atoms with Gasteiger partial charge in [0.2, 0.25) is 10.0 Å². The summed E-state index contributed by atoms with van der Waals surface area (Å²) in [5, 5.41) is 10.7. The number of hydrogen-bond donors (Lipinski definition) is 2. The standard InChI is InChI=1S/C10H14FN3O4S/c1-10(2,12)6-13-19(17,18)9-7(11)4-3-5-8(9)14(15)16/h3-5,13H,6,12H2,1-2H3. The van der Waals surface area contributed by atoms with Crippen molar-refractivity contribution in [2.45, 2.75) is 24.3 Å². The minimum absolute atomic E-state index is 0.180. The van der Waals surface area contributed by atoms with E-state index in [0.29, 0.717) is 0 Å². The smallest absolute Gasteiger partial charge is 0.292 e. The minimum Gasteiger partial charge on any atom is -0.324 e. The molecule has 1 rings (SSSR count). The first kappa shape index (κ1) is 15.5. The van der Waals surface area contributed by atoms with Gasteiger partial charge in [-0.1, -0.05) is 6.07 Å². The van der Waals surface area contributed by atoms with E-state index in [4.69, 9.17) is 5.73 Å². The Morgan fingerprint density at radius 1 is 1.47 bits per heavy atom. The zero-order chi connectivity index (χ0) is 14.8. The molecule has 9 heteroatoms. The molecular weight excluding hydrogens is 277 g/mol. The first-order chi connectivity index (χ1) is 8.54. The van der Waals surface area contributed by atoms with Crippen LogP contribution >= 0.6 is 0 Å². The van der Waals surface area contributed by atoms with Gasteiger partial charge in [0.1, 0.15) is 5.82 Å². The van der Waals surface area contributed by atoms with Crippen LogP contribution in [0.25, 0.3) is 0 Å². The second-order valence-corrected chi connectivity index (χ2v) is 6.36. The summed E-state index contributed by atoms with van der Waals surface area (Å²) in [6.45, 7) is 2.94. The molecule has 0 radical (unpaired) electrons. The van der Waals surface area contributed by atoms with Crippen LogP contribution in [-0.4, -0.2) is 25.4 Å². The molecule has 0 aromatic heterocycles. The second kappa shape index (κ2) is 5.19. The fourth-order valence-electron chi connectivity index (χ4n) is 1.26. The van der Waals surface area contributed by atoms with Crippen LogP contribution in [0.3, 0.4) is 0 Å².